The van der Waals surface area contributed by atoms with Crippen LogP contribution in [-0.4, -0.2) is 52.7 Å². The third-order valence-electron chi connectivity index (χ3n) is 5.63. The molecule has 8 nitrogen and oxygen atoms in total. The van der Waals surface area contributed by atoms with Crippen LogP contribution in [0.1, 0.15) is 45.7 Å². The van der Waals surface area contributed by atoms with E-state index in [-0.39, 0.29) is 41.6 Å². The molecule has 2 amide bonds. The summed E-state index contributed by atoms with van der Waals surface area (Å²) in [7, 11) is -1.11. The van der Waals surface area contributed by atoms with Crippen LogP contribution >= 0.6 is 8.38 Å². The van der Waals surface area contributed by atoms with Gasteiger partial charge in [0, 0.05) is 42.9 Å². The highest BCUT2D eigenvalue weighted by atomic mass is 31.2. The van der Waals surface area contributed by atoms with E-state index in [4.69, 9.17) is 9.05 Å². The van der Waals surface area contributed by atoms with Crippen LogP contribution in [0.5, 0.6) is 5.75 Å². The van der Waals surface area contributed by atoms with Crippen LogP contribution in [-0.2, 0) is 22.1 Å². The molecule has 0 saturated carbocycles. The fourth-order valence-corrected chi connectivity index (χ4v) is 5.36. The molecule has 35 heavy (non-hydrogen) atoms. The lowest BCUT2D eigenvalue weighted by atomic mass is 9.96. The lowest BCUT2D eigenvalue weighted by Gasteiger charge is -2.17. The molecule has 1 aliphatic rings. The fraction of sp³-hybridized carbons (Fsp3) is 0.320. The Morgan fingerprint density at radius 3 is 2.60 bits per heavy atom. The molecule has 2 aromatic carbocycles. The lowest BCUT2D eigenvalue weighted by molar-refractivity contribution is 0.0763. The van der Waals surface area contributed by atoms with Crippen LogP contribution in [0.25, 0.3) is 10.9 Å². The van der Waals surface area contributed by atoms with Crippen LogP contribution in [0, 0.1) is 5.82 Å². The summed E-state index contributed by atoms with van der Waals surface area (Å²) >= 11 is 0. The minimum Gasteiger partial charge on any atom is -0.505 e. The number of benzene rings is 2. The van der Waals surface area contributed by atoms with Crippen LogP contribution in [0.2, 0.25) is 0 Å². The van der Waals surface area contributed by atoms with E-state index in [0.29, 0.717) is 42.4 Å². The summed E-state index contributed by atoms with van der Waals surface area (Å²) in [4.78, 5) is 32.4. The van der Waals surface area contributed by atoms with Crippen LogP contribution in [0.3, 0.4) is 0 Å². The topological polar surface area (TPSA) is 101 Å². The van der Waals surface area contributed by atoms with Gasteiger partial charge in [-0.25, -0.2) is 4.39 Å². The van der Waals surface area contributed by atoms with E-state index in [2.05, 4.69) is 10.3 Å². The average molecular weight is 499 g/mol. The SMILES string of the molecule is CCOP(CCNC(=O)c1c2c(c(O)c3ncccc13)C(=O)N(Cc1ccc(F)cc1)C2)OCC. The van der Waals surface area contributed by atoms with Gasteiger partial charge in [-0.05, 0) is 37.6 Å². The number of nitrogens with one attached hydrogen (secondary N) is 1. The molecule has 0 saturated heterocycles. The van der Waals surface area contributed by atoms with Gasteiger partial charge in [0.2, 0.25) is 0 Å². The fourth-order valence-electron chi connectivity index (χ4n) is 4.15. The van der Waals surface area contributed by atoms with Crippen molar-refractivity contribution in [2.24, 2.45) is 0 Å². The third-order valence-corrected chi connectivity index (χ3v) is 7.31. The zero-order valence-corrected chi connectivity index (χ0v) is 20.5. The first-order chi connectivity index (χ1) is 16.9. The first-order valence-corrected chi connectivity index (χ1v) is 12.8. The number of carbonyl (C=O) groups excluding carboxylic acids is 2. The highest BCUT2D eigenvalue weighted by Gasteiger charge is 2.36. The van der Waals surface area contributed by atoms with E-state index in [9.17, 15) is 19.1 Å². The highest BCUT2D eigenvalue weighted by Crippen LogP contribution is 2.40. The van der Waals surface area contributed by atoms with Crippen molar-refractivity contribution in [1.29, 1.82) is 0 Å². The molecule has 0 aliphatic carbocycles. The maximum atomic E-state index is 13.4. The van der Waals surface area contributed by atoms with Gasteiger partial charge in [-0.15, -0.1) is 0 Å². The van der Waals surface area contributed by atoms with E-state index < -0.39 is 14.3 Å². The second-order valence-electron chi connectivity index (χ2n) is 7.91. The third kappa shape index (κ3) is 5.27. The number of hydrogen-bond acceptors (Lipinski definition) is 6. The smallest absolute Gasteiger partial charge is 0.258 e. The molecule has 0 atom stereocenters. The van der Waals surface area contributed by atoms with Crippen LogP contribution < -0.4 is 5.32 Å². The van der Waals surface area contributed by atoms with Crippen molar-refractivity contribution in [3.05, 3.63) is 70.7 Å². The molecule has 0 spiro atoms. The van der Waals surface area contributed by atoms with Gasteiger partial charge in [-0.3, -0.25) is 14.6 Å². The van der Waals surface area contributed by atoms with Gasteiger partial charge in [0.15, 0.2) is 14.1 Å². The number of carbonyl (C=O) groups is 2. The number of aromatic hydroxyl groups is 1. The monoisotopic (exact) mass is 499 g/mol. The van der Waals surface area contributed by atoms with Crippen molar-refractivity contribution in [3.63, 3.8) is 0 Å². The Bertz CT molecular complexity index is 1230. The van der Waals surface area contributed by atoms with E-state index in [1.807, 2.05) is 13.8 Å². The van der Waals surface area contributed by atoms with Gasteiger partial charge in [0.05, 0.1) is 24.3 Å². The molecule has 1 aromatic heterocycles. The second-order valence-corrected chi connectivity index (χ2v) is 9.54. The molecule has 2 N–H and O–H groups in total. The van der Waals surface area contributed by atoms with Gasteiger partial charge >= 0.3 is 0 Å². The largest absolute Gasteiger partial charge is 0.505 e. The number of phenols is 1. The van der Waals surface area contributed by atoms with E-state index in [1.165, 1.54) is 23.2 Å². The zero-order valence-electron chi connectivity index (χ0n) is 19.6. The summed E-state index contributed by atoms with van der Waals surface area (Å²) in [6.07, 6.45) is 2.03. The van der Waals surface area contributed by atoms with Crippen molar-refractivity contribution in [1.82, 2.24) is 15.2 Å². The average Bonchev–Trinajstić information content (AvgIpc) is 3.16. The van der Waals surface area contributed by atoms with Crippen molar-refractivity contribution in [2.75, 3.05) is 25.9 Å². The maximum Gasteiger partial charge on any atom is 0.258 e. The summed E-state index contributed by atoms with van der Waals surface area (Å²) in [5.74, 6) is -1.37. The first kappa shape index (κ1) is 25.0. The van der Waals surface area contributed by atoms with E-state index >= 15 is 0 Å². The van der Waals surface area contributed by atoms with E-state index in [0.717, 1.165) is 5.56 Å². The quantitative estimate of drug-likeness (QED) is 0.403. The van der Waals surface area contributed by atoms with Gasteiger partial charge in [0.25, 0.3) is 11.8 Å². The van der Waals surface area contributed by atoms with Crippen molar-refractivity contribution >= 4 is 31.1 Å². The number of rotatable bonds is 10. The van der Waals surface area contributed by atoms with Crippen molar-refractivity contribution < 1.29 is 28.1 Å². The second kappa shape index (κ2) is 11.1. The summed E-state index contributed by atoms with van der Waals surface area (Å²) in [6.45, 7) is 5.50. The van der Waals surface area contributed by atoms with E-state index in [1.54, 1.807) is 24.3 Å². The van der Waals surface area contributed by atoms with Gasteiger partial charge in [0.1, 0.15) is 11.3 Å². The summed E-state index contributed by atoms with van der Waals surface area (Å²) in [5.41, 5.74) is 1.77. The molecule has 0 unspecified atom stereocenters. The number of nitrogens with zero attached hydrogens (tertiary/aromatic N) is 2. The normalized spacial score (nSPS) is 13.0. The van der Waals surface area contributed by atoms with Crippen LogP contribution in [0.4, 0.5) is 4.39 Å². The molecular formula is C25H27FN3O5P. The molecule has 184 valence electrons. The first-order valence-electron chi connectivity index (χ1n) is 11.4. The molecular weight excluding hydrogens is 472 g/mol. The number of halogens is 1. The molecule has 1 aliphatic heterocycles. The Balaban J connectivity index is 1.63. The standard InChI is InChI=1S/C25H27FN3O5P/c1-3-33-35(34-4-2)13-12-28-24(31)20-18-6-5-11-27-22(18)23(30)21-19(20)15-29(25(21)32)14-16-7-9-17(26)10-8-16/h5-11,30H,3-4,12-15H2,1-2H3,(H,28,31). The Labute approximate surface area is 204 Å². The van der Waals surface area contributed by atoms with Gasteiger partial charge in [-0.1, -0.05) is 18.2 Å². The van der Waals surface area contributed by atoms with Gasteiger partial charge in [-0.2, -0.15) is 0 Å². The molecule has 3 aromatic rings. The Kier molecular flexibility index (Phi) is 7.90. The molecule has 0 fully saturated rings. The van der Waals surface area contributed by atoms with Crippen molar-refractivity contribution in [3.8, 4) is 5.75 Å². The summed E-state index contributed by atoms with van der Waals surface area (Å²) < 4.78 is 24.5. The maximum absolute atomic E-state index is 13.4. The predicted octanol–water partition coefficient (Wildman–Crippen LogP) is 4.35. The molecule has 0 bridgehead atoms. The Morgan fingerprint density at radius 2 is 1.91 bits per heavy atom. The van der Waals surface area contributed by atoms with Crippen LogP contribution in [0.15, 0.2) is 42.6 Å². The number of hydrogen-bond donors (Lipinski definition) is 2. The number of fused-ring (bicyclic) bond motifs is 2. The number of amides is 2. The van der Waals surface area contributed by atoms with Gasteiger partial charge < -0.3 is 24.4 Å². The van der Waals surface area contributed by atoms with Crippen molar-refractivity contribution in [2.45, 2.75) is 26.9 Å². The highest BCUT2D eigenvalue weighted by molar-refractivity contribution is 7.47. The number of aromatic nitrogens is 1. The number of phenolic OH excluding ortho intramolecular Hbond substituents is 1. The zero-order chi connectivity index (χ0) is 24.9. The molecule has 2 heterocycles. The predicted molar refractivity (Wildman–Crippen MR) is 131 cm³/mol. The lowest BCUT2D eigenvalue weighted by Crippen LogP contribution is -2.28. The minimum absolute atomic E-state index is 0.0781. The molecule has 0 radical (unpaired) electrons. The number of pyridine rings is 1. The molecule has 10 heteroatoms. The Hall–Kier alpha value is -3.13. The summed E-state index contributed by atoms with van der Waals surface area (Å²) in [6, 6.07) is 9.26. The summed E-state index contributed by atoms with van der Waals surface area (Å²) in [5, 5.41) is 14.3. The Morgan fingerprint density at radius 1 is 1.20 bits per heavy atom. The minimum atomic E-state index is -1.11. The molecule has 4 rings (SSSR count).